The lowest BCUT2D eigenvalue weighted by atomic mass is 10.5. The number of rotatable bonds is 12. The number of hydrogen-bond donors (Lipinski definition) is 0. The largest absolute Gasteiger partial charge is 0.0776 e. The Morgan fingerprint density at radius 3 is 1.96 bits per heavy atom. The van der Waals surface area contributed by atoms with Gasteiger partial charge >= 0.3 is 0 Å². The summed E-state index contributed by atoms with van der Waals surface area (Å²) in [5.41, 5.74) is 6.29. The zero-order valence-corrected chi connectivity index (χ0v) is 25.8. The first-order chi connectivity index (χ1) is 10.4. The minimum atomic E-state index is -0.837. The molecule has 0 fully saturated rings. The third-order valence-corrected chi connectivity index (χ3v) is 35.2. The maximum atomic E-state index is 2.73. The van der Waals surface area contributed by atoms with Crippen molar-refractivity contribution in [3.63, 3.8) is 0 Å². The molecule has 6 heteroatoms. The second-order valence-corrected chi connectivity index (χ2v) is 37.8. The Kier molecular flexibility index (Phi) is 14.5. The van der Waals surface area contributed by atoms with Gasteiger partial charge in [-0.2, -0.15) is 0 Å². The van der Waals surface area contributed by atoms with E-state index in [4.69, 9.17) is 0 Å². The van der Waals surface area contributed by atoms with Crippen molar-refractivity contribution in [2.24, 2.45) is 0 Å². The van der Waals surface area contributed by atoms with Gasteiger partial charge in [-0.1, -0.05) is 114 Å². The monoisotopic (exact) mass is 436 g/mol. The summed E-state index contributed by atoms with van der Waals surface area (Å²) in [6.45, 7) is 26.1. The quantitative estimate of drug-likeness (QED) is 0.399. The van der Waals surface area contributed by atoms with Gasteiger partial charge in [0.25, 0.3) is 0 Å². The molecule has 0 nitrogen and oxygen atoms in total. The molecular weight excluding hydrogens is 385 g/mol. The Labute approximate surface area is 167 Å². The molecule has 0 aliphatic carbocycles. The molecule has 0 radical (unpaired) electrons. The van der Waals surface area contributed by atoms with Gasteiger partial charge in [0, 0.05) is 54.2 Å². The highest BCUT2D eigenvalue weighted by atomic mass is 28.4. The third-order valence-electron chi connectivity index (χ3n) is 5.59. The first kappa shape index (κ1) is 27.5. The van der Waals surface area contributed by atoms with Crippen LogP contribution in [0.4, 0.5) is 0 Å². The van der Waals surface area contributed by atoms with E-state index >= 15 is 0 Å². The van der Waals surface area contributed by atoms with Crippen LogP contribution in [0.25, 0.3) is 0 Å². The average Bonchev–Trinajstić information content (AvgIpc) is 2.33. The van der Waals surface area contributed by atoms with E-state index in [0.29, 0.717) is 0 Å². The van der Waals surface area contributed by atoms with E-state index in [2.05, 4.69) is 67.7 Å². The fourth-order valence-electron chi connectivity index (χ4n) is 4.79. The maximum Gasteiger partial charge on any atom is 0.0416 e. The van der Waals surface area contributed by atoms with E-state index in [1.165, 1.54) is 11.2 Å². The summed E-state index contributed by atoms with van der Waals surface area (Å²) in [6, 6.07) is 1.53. The second-order valence-electron chi connectivity index (χ2n) is 10.8. The van der Waals surface area contributed by atoms with Crippen molar-refractivity contribution in [2.45, 2.75) is 114 Å². The summed E-state index contributed by atoms with van der Waals surface area (Å²) < 4.78 is 0.875. The fourth-order valence-corrected chi connectivity index (χ4v) is 44.8. The van der Waals surface area contributed by atoms with Gasteiger partial charge in [0.2, 0.25) is 0 Å². The Hall–Kier alpha value is 1.30. The van der Waals surface area contributed by atoms with Crippen LogP contribution in [-0.4, -0.2) is 54.2 Å². The maximum absolute atomic E-state index is 2.73. The highest BCUT2D eigenvalue weighted by Gasteiger charge is 2.28. The van der Waals surface area contributed by atoms with Gasteiger partial charge < -0.3 is 0 Å². The van der Waals surface area contributed by atoms with Gasteiger partial charge in [0.15, 0.2) is 0 Å². The summed E-state index contributed by atoms with van der Waals surface area (Å²) in [4.78, 5) is 0. The fraction of sp³-hybridized carbons (Fsp3) is 1.00. The zero-order valence-electron chi connectivity index (χ0n) is 18.3. The van der Waals surface area contributed by atoms with Crippen LogP contribution in [0.3, 0.4) is 0 Å². The molecule has 0 aromatic heterocycles. The van der Waals surface area contributed by atoms with Gasteiger partial charge in [-0.15, -0.1) is 0 Å². The van der Waals surface area contributed by atoms with Crippen molar-refractivity contribution < 1.29 is 0 Å². The smallest absolute Gasteiger partial charge is 0.0416 e. The van der Waals surface area contributed by atoms with Gasteiger partial charge in [0.05, 0.1) is 0 Å². The normalized spacial score (nSPS) is 18.1. The van der Waals surface area contributed by atoms with Crippen LogP contribution in [0.5, 0.6) is 0 Å². The number of hydrogen-bond acceptors (Lipinski definition) is 0. The van der Waals surface area contributed by atoms with Gasteiger partial charge in [0.1, 0.15) is 0 Å². The predicted molar refractivity (Wildman–Crippen MR) is 139 cm³/mol. The summed E-state index contributed by atoms with van der Waals surface area (Å²) in [7, 11) is -0.985. The Bertz CT molecular complexity index is 317. The van der Waals surface area contributed by atoms with E-state index in [0.717, 1.165) is 10.2 Å². The van der Waals surface area contributed by atoms with Crippen LogP contribution in [0.15, 0.2) is 0 Å². The van der Waals surface area contributed by atoms with Crippen LogP contribution in [-0.2, 0) is 0 Å². The zero-order chi connectivity index (χ0) is 18.3. The van der Waals surface area contributed by atoms with Crippen molar-refractivity contribution in [1.29, 1.82) is 0 Å². The minimum Gasteiger partial charge on any atom is -0.0776 e. The molecule has 0 N–H and O–H groups in total. The summed E-state index contributed by atoms with van der Waals surface area (Å²) >= 11 is 0. The lowest BCUT2D eigenvalue weighted by Gasteiger charge is -2.31. The molecule has 0 aromatic carbocycles. The van der Waals surface area contributed by atoms with E-state index in [1.807, 2.05) is 0 Å². The lowest BCUT2D eigenvalue weighted by molar-refractivity contribution is 0.916. The standard InChI is InChI=1S/C17H48Si6.CH4/c1-11-21(7)13-23(9,10)14-22(8)12-18-17(5,6)20-16(4)19-15(2)3;/h15-16,21-22H,11-14,18-20H2,1-10H3;1H4. The molecule has 0 amide bonds. The van der Waals surface area contributed by atoms with Crippen molar-refractivity contribution in [2.75, 3.05) is 0 Å². The van der Waals surface area contributed by atoms with Crippen molar-refractivity contribution >= 4 is 54.2 Å². The van der Waals surface area contributed by atoms with E-state index < -0.39 is 16.9 Å². The predicted octanol–water partition coefficient (Wildman–Crippen LogP) is 4.36. The molecule has 0 saturated carbocycles. The molecule has 0 bridgehead atoms. The Balaban J connectivity index is 0. The van der Waals surface area contributed by atoms with Gasteiger partial charge in [-0.3, -0.25) is 0 Å². The summed E-state index contributed by atoms with van der Waals surface area (Å²) in [5.74, 6) is 0. The average molecular weight is 437 g/mol. The van der Waals surface area contributed by atoms with Crippen LogP contribution >= 0.6 is 0 Å². The van der Waals surface area contributed by atoms with Gasteiger partial charge in [-0.05, 0) is 0 Å². The molecule has 0 saturated heterocycles. The molecule has 0 aromatic rings. The molecule has 0 rings (SSSR count). The summed E-state index contributed by atoms with van der Waals surface area (Å²) in [6.07, 6.45) is 0. The van der Waals surface area contributed by atoms with E-state index in [-0.39, 0.29) is 44.8 Å². The SMILES string of the molecule is C.CC[SiH](C)C[Si](C)(C)C[SiH](C)C[SiH2]C(C)(C)[SiH2]C(C)[SiH2]C(C)C. The highest BCUT2D eigenvalue weighted by Crippen LogP contribution is 2.29. The Morgan fingerprint density at radius 1 is 1.00 bits per heavy atom. The van der Waals surface area contributed by atoms with Crippen LogP contribution in [0, 0.1) is 0 Å². The molecule has 148 valence electrons. The second kappa shape index (κ2) is 12.6. The Morgan fingerprint density at radius 2 is 1.50 bits per heavy atom. The van der Waals surface area contributed by atoms with Crippen molar-refractivity contribution in [1.82, 2.24) is 0 Å². The van der Waals surface area contributed by atoms with Crippen molar-refractivity contribution in [3.8, 4) is 0 Å². The molecule has 24 heavy (non-hydrogen) atoms. The van der Waals surface area contributed by atoms with Crippen LogP contribution < -0.4 is 0 Å². The highest BCUT2D eigenvalue weighted by molar-refractivity contribution is 6.96. The van der Waals surface area contributed by atoms with Crippen LogP contribution in [0.2, 0.25) is 64.6 Å². The molecule has 3 unspecified atom stereocenters. The van der Waals surface area contributed by atoms with Gasteiger partial charge in [-0.25, -0.2) is 0 Å². The molecule has 0 spiro atoms. The first-order valence-corrected chi connectivity index (χ1v) is 24.2. The molecule has 0 aliphatic rings. The first-order valence-electron chi connectivity index (χ1n) is 10.4. The van der Waals surface area contributed by atoms with E-state index in [9.17, 15) is 0 Å². The molecule has 0 aliphatic heterocycles. The summed E-state index contributed by atoms with van der Waals surface area (Å²) in [5, 5.41) is 1.21. The third kappa shape index (κ3) is 14.5. The van der Waals surface area contributed by atoms with Crippen LogP contribution in [0.1, 0.15) is 49.0 Å². The molecule has 3 atom stereocenters. The topological polar surface area (TPSA) is 0 Å². The minimum absolute atomic E-state index is 0. The van der Waals surface area contributed by atoms with Crippen molar-refractivity contribution in [3.05, 3.63) is 0 Å². The lowest BCUT2D eigenvalue weighted by Crippen LogP contribution is -2.37. The molecular formula is C18H52Si6. The van der Waals surface area contributed by atoms with E-state index in [1.54, 1.807) is 17.0 Å². The molecule has 0 heterocycles.